The number of carboxylic acid groups (broad SMARTS) is 2. The number of nitrogen functional groups attached to an aromatic ring is 1. The van der Waals surface area contributed by atoms with Crippen LogP contribution in [0.25, 0.3) is 11.2 Å². The smallest absolute Gasteiger partial charge is 0.311 e. The molecule has 2 unspecified atom stereocenters. The zero-order chi connectivity index (χ0) is 24.5. The molecule has 1 aliphatic carbocycles. The Morgan fingerprint density at radius 3 is 2.59 bits per heavy atom. The van der Waals surface area contributed by atoms with E-state index in [1.54, 1.807) is 24.3 Å². The number of nitrogens with zero attached hydrogens (tertiary/aromatic N) is 3. The molecule has 1 fully saturated rings. The largest absolute Gasteiger partial charge is 0.481 e. The minimum Gasteiger partial charge on any atom is -0.481 e. The molecule has 2 aromatic heterocycles. The van der Waals surface area contributed by atoms with E-state index in [2.05, 4.69) is 30.6 Å². The first-order chi connectivity index (χ1) is 16.2. The number of rotatable bonds is 9. The molecule has 7 N–H and O–H groups in total. The molecular weight excluding hydrogens is 446 g/mol. The van der Waals surface area contributed by atoms with Gasteiger partial charge in [0.1, 0.15) is 0 Å². The number of carboxylic acids is 2. The van der Waals surface area contributed by atoms with Crippen molar-refractivity contribution in [2.75, 3.05) is 11.1 Å². The maximum atomic E-state index is 12.5. The minimum atomic E-state index is -1.24. The van der Waals surface area contributed by atoms with Gasteiger partial charge in [0.05, 0.1) is 23.9 Å². The topological polar surface area (TPSA) is 213 Å². The van der Waals surface area contributed by atoms with Crippen LogP contribution in [-0.2, 0) is 16.1 Å². The summed E-state index contributed by atoms with van der Waals surface area (Å²) in [7, 11) is 0. The Morgan fingerprint density at radius 1 is 1.18 bits per heavy atom. The fourth-order valence-electron chi connectivity index (χ4n) is 3.68. The number of aromatic nitrogens is 4. The second-order valence-electron chi connectivity index (χ2n) is 8.00. The lowest BCUT2D eigenvalue weighted by molar-refractivity contribution is -0.144. The van der Waals surface area contributed by atoms with Crippen LogP contribution < -0.4 is 21.9 Å². The van der Waals surface area contributed by atoms with E-state index in [-0.39, 0.29) is 42.9 Å². The average Bonchev–Trinajstić information content (AvgIpc) is 3.50. The van der Waals surface area contributed by atoms with Crippen molar-refractivity contribution in [1.29, 1.82) is 0 Å². The maximum absolute atomic E-state index is 12.5. The molecule has 1 aliphatic rings. The second-order valence-corrected chi connectivity index (χ2v) is 8.00. The highest BCUT2D eigenvalue weighted by atomic mass is 16.4. The molecule has 1 saturated carbocycles. The summed E-state index contributed by atoms with van der Waals surface area (Å²) in [4.78, 5) is 61.4. The van der Waals surface area contributed by atoms with Crippen LogP contribution in [0.3, 0.4) is 0 Å². The number of hydrogen-bond acceptors (Lipinski definition) is 9. The number of fused-ring (bicyclic) bond motifs is 1. The molecule has 1 amide bonds. The Bertz CT molecular complexity index is 1340. The highest BCUT2D eigenvalue weighted by molar-refractivity contribution is 5.96. The van der Waals surface area contributed by atoms with Crippen LogP contribution in [0.2, 0.25) is 0 Å². The van der Waals surface area contributed by atoms with Crippen LogP contribution >= 0.6 is 0 Å². The predicted molar refractivity (Wildman–Crippen MR) is 119 cm³/mol. The van der Waals surface area contributed by atoms with Gasteiger partial charge in [0.15, 0.2) is 11.2 Å². The summed E-state index contributed by atoms with van der Waals surface area (Å²) in [6.07, 6.45) is 1.36. The van der Waals surface area contributed by atoms with Crippen molar-refractivity contribution in [3.8, 4) is 0 Å². The first-order valence-electron chi connectivity index (χ1n) is 10.3. The molecule has 0 saturated heterocycles. The van der Waals surface area contributed by atoms with Crippen molar-refractivity contribution in [2.24, 2.45) is 5.41 Å². The third-order valence-electron chi connectivity index (χ3n) is 5.71. The van der Waals surface area contributed by atoms with Gasteiger partial charge in [-0.15, -0.1) is 0 Å². The Hall–Kier alpha value is -4.55. The molecule has 0 bridgehead atoms. The van der Waals surface area contributed by atoms with Crippen LogP contribution in [0.1, 0.15) is 35.3 Å². The normalized spacial score (nSPS) is 18.9. The summed E-state index contributed by atoms with van der Waals surface area (Å²) in [6.45, 7) is 0.255. The number of amides is 1. The Morgan fingerprint density at radius 2 is 1.91 bits per heavy atom. The first kappa shape index (κ1) is 22.6. The number of carbonyl (C=O) groups excluding carboxylic acids is 1. The molecule has 13 heteroatoms. The molecule has 13 nitrogen and oxygen atoms in total. The summed E-state index contributed by atoms with van der Waals surface area (Å²) in [5, 5.41) is 24.1. The number of benzene rings is 1. The lowest BCUT2D eigenvalue weighted by Crippen LogP contribution is -2.33. The molecule has 3 aromatic rings. The molecular formula is C21H21N7O6. The van der Waals surface area contributed by atoms with Gasteiger partial charge < -0.3 is 31.6 Å². The summed E-state index contributed by atoms with van der Waals surface area (Å²) in [5.41, 5.74) is 5.48. The predicted octanol–water partition coefficient (Wildman–Crippen LogP) is 0.345. The van der Waals surface area contributed by atoms with E-state index in [9.17, 15) is 24.3 Å². The van der Waals surface area contributed by atoms with E-state index in [0.29, 0.717) is 16.9 Å². The summed E-state index contributed by atoms with van der Waals surface area (Å²) in [6, 6.07) is 5.86. The Labute approximate surface area is 191 Å². The van der Waals surface area contributed by atoms with Crippen molar-refractivity contribution in [3.63, 3.8) is 0 Å². The number of aromatic amines is 1. The first-order valence-corrected chi connectivity index (χ1v) is 10.3. The molecule has 2 heterocycles. The van der Waals surface area contributed by atoms with Crippen LogP contribution in [0.4, 0.5) is 11.6 Å². The van der Waals surface area contributed by atoms with Crippen LogP contribution in [0.15, 0.2) is 35.3 Å². The number of nitrogens with two attached hydrogens (primary N) is 1. The summed E-state index contributed by atoms with van der Waals surface area (Å²) < 4.78 is 0. The number of hydrogen-bond donors (Lipinski definition) is 6. The molecule has 0 aliphatic heterocycles. The monoisotopic (exact) mass is 467 g/mol. The van der Waals surface area contributed by atoms with E-state index in [4.69, 9.17) is 10.8 Å². The van der Waals surface area contributed by atoms with Crippen LogP contribution in [-0.4, -0.2) is 54.0 Å². The maximum Gasteiger partial charge on any atom is 0.311 e. The van der Waals surface area contributed by atoms with E-state index in [0.717, 1.165) is 0 Å². The highest BCUT2D eigenvalue weighted by Gasteiger charge is 2.61. The quantitative estimate of drug-likeness (QED) is 0.252. The minimum absolute atomic E-state index is 0.0432. The van der Waals surface area contributed by atoms with Gasteiger partial charge in [-0.2, -0.15) is 4.98 Å². The fraction of sp³-hybridized carbons (Fsp3) is 0.286. The molecule has 1 aromatic carbocycles. The van der Waals surface area contributed by atoms with Crippen molar-refractivity contribution in [2.45, 2.75) is 31.8 Å². The molecule has 34 heavy (non-hydrogen) atoms. The Balaban J connectivity index is 1.36. The fourth-order valence-corrected chi connectivity index (χ4v) is 3.68. The summed E-state index contributed by atoms with van der Waals surface area (Å²) in [5.74, 6) is -2.68. The molecule has 4 rings (SSSR count). The van der Waals surface area contributed by atoms with E-state index in [1.807, 2.05) is 0 Å². The zero-order valence-corrected chi connectivity index (χ0v) is 17.7. The SMILES string of the molecule is Nc1nc(=O)c2nc(CNc3ccc(C(=O)NC4CC4(CCC(=O)O)C(=O)O)cc3)cnc2[nH]1. The zero-order valence-electron chi connectivity index (χ0n) is 17.7. The van der Waals surface area contributed by atoms with Gasteiger partial charge in [0.25, 0.3) is 5.91 Å². The van der Waals surface area contributed by atoms with E-state index >= 15 is 0 Å². The Kier molecular flexibility index (Phi) is 5.84. The van der Waals surface area contributed by atoms with Crippen molar-refractivity contribution in [1.82, 2.24) is 25.3 Å². The van der Waals surface area contributed by atoms with Gasteiger partial charge in [-0.3, -0.25) is 19.2 Å². The lowest BCUT2D eigenvalue weighted by atomic mass is 9.99. The third kappa shape index (κ3) is 4.62. The molecule has 0 radical (unpaired) electrons. The van der Waals surface area contributed by atoms with E-state index in [1.165, 1.54) is 6.20 Å². The van der Waals surface area contributed by atoms with Gasteiger partial charge in [-0.1, -0.05) is 0 Å². The summed E-state index contributed by atoms with van der Waals surface area (Å²) >= 11 is 0. The van der Waals surface area contributed by atoms with E-state index < -0.39 is 34.9 Å². The number of anilines is 2. The standard InChI is InChI=1S/C21H21N7O6/c22-20-27-16-15(18(32)28-20)25-12(9-24-16)8-23-11-3-1-10(2-4-11)17(31)26-13-7-21(13,19(33)34)6-5-14(29)30/h1-4,9,13,23H,5-8H2,(H,26,31)(H,29,30)(H,33,34)(H3,22,24,27,28,32). The number of carbonyl (C=O) groups is 3. The van der Waals surface area contributed by atoms with Crippen LogP contribution in [0, 0.1) is 5.41 Å². The van der Waals surface area contributed by atoms with Crippen molar-refractivity contribution < 1.29 is 24.6 Å². The van der Waals surface area contributed by atoms with Gasteiger partial charge in [0, 0.05) is 23.7 Å². The second kappa shape index (κ2) is 8.77. The molecule has 2 atom stereocenters. The average molecular weight is 467 g/mol. The lowest BCUT2D eigenvalue weighted by Gasteiger charge is -2.12. The van der Waals surface area contributed by atoms with Crippen molar-refractivity contribution in [3.05, 3.63) is 52.1 Å². The van der Waals surface area contributed by atoms with Crippen LogP contribution in [0.5, 0.6) is 0 Å². The van der Waals surface area contributed by atoms with Crippen molar-refractivity contribution >= 4 is 40.6 Å². The molecule has 176 valence electrons. The number of nitrogens with one attached hydrogen (secondary N) is 3. The number of aliphatic carboxylic acids is 2. The number of H-pyrrole nitrogens is 1. The highest BCUT2D eigenvalue weighted by Crippen LogP contribution is 2.50. The van der Waals surface area contributed by atoms with Gasteiger partial charge in [0.2, 0.25) is 5.95 Å². The third-order valence-corrected chi connectivity index (χ3v) is 5.71. The van der Waals surface area contributed by atoms with Gasteiger partial charge in [-0.25, -0.2) is 9.97 Å². The van der Waals surface area contributed by atoms with Gasteiger partial charge >= 0.3 is 17.5 Å². The van der Waals surface area contributed by atoms with Gasteiger partial charge in [-0.05, 0) is 37.1 Å². The molecule has 0 spiro atoms.